The van der Waals surface area contributed by atoms with Crippen molar-refractivity contribution in [1.82, 2.24) is 4.98 Å². The molecular weight excluding hydrogens is 303 g/mol. The van der Waals surface area contributed by atoms with Crippen LogP contribution >= 0.6 is 35.0 Å². The van der Waals surface area contributed by atoms with Gasteiger partial charge in [0.2, 0.25) is 0 Å². The quantitative estimate of drug-likeness (QED) is 0.665. The van der Waals surface area contributed by atoms with E-state index in [1.54, 1.807) is 42.4 Å². The SMILES string of the molecule is Nc1cnccc1SCCOc1ccc(Cl)cc1Cl. The van der Waals surface area contributed by atoms with Crippen LogP contribution in [0.4, 0.5) is 5.69 Å². The summed E-state index contributed by atoms with van der Waals surface area (Å²) in [4.78, 5) is 4.94. The van der Waals surface area contributed by atoms with E-state index in [9.17, 15) is 0 Å². The van der Waals surface area contributed by atoms with Gasteiger partial charge in [0.15, 0.2) is 0 Å². The summed E-state index contributed by atoms with van der Waals surface area (Å²) in [5.41, 5.74) is 6.47. The van der Waals surface area contributed by atoms with Gasteiger partial charge >= 0.3 is 0 Å². The number of nitrogens with zero attached hydrogens (tertiary/aromatic N) is 1. The minimum atomic E-state index is 0.515. The topological polar surface area (TPSA) is 48.1 Å². The van der Waals surface area contributed by atoms with Gasteiger partial charge in [-0.05, 0) is 24.3 Å². The molecule has 0 aliphatic heterocycles. The monoisotopic (exact) mass is 314 g/mol. The maximum Gasteiger partial charge on any atom is 0.138 e. The fourth-order valence-electron chi connectivity index (χ4n) is 1.42. The Morgan fingerprint density at radius 2 is 2.11 bits per heavy atom. The van der Waals surface area contributed by atoms with E-state index in [-0.39, 0.29) is 0 Å². The molecule has 1 heterocycles. The summed E-state index contributed by atoms with van der Waals surface area (Å²) < 4.78 is 5.59. The average molecular weight is 315 g/mol. The summed E-state index contributed by atoms with van der Waals surface area (Å²) in [7, 11) is 0. The molecule has 0 atom stereocenters. The number of anilines is 1. The number of nitrogens with two attached hydrogens (primary N) is 1. The van der Waals surface area contributed by atoms with Crippen LogP contribution in [0, 0.1) is 0 Å². The maximum absolute atomic E-state index is 6.01. The van der Waals surface area contributed by atoms with Gasteiger partial charge in [-0.25, -0.2) is 0 Å². The zero-order chi connectivity index (χ0) is 13.7. The first-order valence-electron chi connectivity index (χ1n) is 5.57. The van der Waals surface area contributed by atoms with Gasteiger partial charge in [0, 0.05) is 21.9 Å². The largest absolute Gasteiger partial charge is 0.491 e. The number of hydrogen-bond acceptors (Lipinski definition) is 4. The molecule has 1 aromatic heterocycles. The number of benzene rings is 1. The van der Waals surface area contributed by atoms with Crippen LogP contribution in [0.25, 0.3) is 0 Å². The second-order valence-electron chi connectivity index (χ2n) is 3.69. The minimum Gasteiger partial charge on any atom is -0.491 e. The standard InChI is InChI=1S/C13H12Cl2N2OS/c14-9-1-2-12(10(15)7-9)18-5-6-19-13-3-4-17-8-11(13)16/h1-4,7-8H,5-6,16H2. The average Bonchev–Trinajstić information content (AvgIpc) is 2.38. The van der Waals surface area contributed by atoms with Gasteiger partial charge in [-0.15, -0.1) is 11.8 Å². The molecule has 0 bridgehead atoms. The fraction of sp³-hybridized carbons (Fsp3) is 0.154. The molecule has 2 rings (SSSR count). The Labute approximate surface area is 126 Å². The predicted molar refractivity (Wildman–Crippen MR) is 81.3 cm³/mol. The zero-order valence-corrected chi connectivity index (χ0v) is 12.3. The van der Waals surface area contributed by atoms with Gasteiger partial charge in [-0.1, -0.05) is 23.2 Å². The van der Waals surface area contributed by atoms with Crippen LogP contribution in [0.2, 0.25) is 10.0 Å². The van der Waals surface area contributed by atoms with Crippen molar-refractivity contribution < 1.29 is 4.74 Å². The van der Waals surface area contributed by atoms with Crippen LogP contribution in [0.1, 0.15) is 0 Å². The number of halogens is 2. The van der Waals surface area contributed by atoms with Crippen LogP contribution in [-0.4, -0.2) is 17.3 Å². The van der Waals surface area contributed by atoms with Crippen LogP contribution in [0.15, 0.2) is 41.6 Å². The molecule has 2 N–H and O–H groups in total. The molecule has 0 fully saturated rings. The van der Waals surface area contributed by atoms with Crippen molar-refractivity contribution in [2.75, 3.05) is 18.1 Å². The lowest BCUT2D eigenvalue weighted by Crippen LogP contribution is -2.01. The molecule has 100 valence electrons. The lowest BCUT2D eigenvalue weighted by molar-refractivity contribution is 0.344. The molecule has 2 aromatic rings. The highest BCUT2D eigenvalue weighted by atomic mass is 35.5. The predicted octanol–water partition coefficient (Wildman–Crippen LogP) is 4.14. The van der Waals surface area contributed by atoms with Gasteiger partial charge in [-0.3, -0.25) is 4.98 Å². The Bertz CT molecular complexity index is 566. The van der Waals surface area contributed by atoms with Crippen LogP contribution in [0.3, 0.4) is 0 Å². The normalized spacial score (nSPS) is 10.4. The van der Waals surface area contributed by atoms with Gasteiger partial charge < -0.3 is 10.5 Å². The summed E-state index contributed by atoms with van der Waals surface area (Å²) in [6.45, 7) is 0.535. The summed E-state index contributed by atoms with van der Waals surface area (Å²) in [5.74, 6) is 1.40. The van der Waals surface area contributed by atoms with E-state index >= 15 is 0 Å². The molecule has 0 amide bonds. The second-order valence-corrected chi connectivity index (χ2v) is 5.67. The summed E-state index contributed by atoms with van der Waals surface area (Å²) in [5, 5.41) is 1.11. The van der Waals surface area contributed by atoms with E-state index in [0.717, 1.165) is 10.6 Å². The first-order chi connectivity index (χ1) is 9.16. The fourth-order valence-corrected chi connectivity index (χ4v) is 2.65. The molecule has 0 aliphatic carbocycles. The van der Waals surface area contributed by atoms with E-state index < -0.39 is 0 Å². The molecule has 0 saturated carbocycles. The molecule has 0 unspecified atom stereocenters. The number of aromatic nitrogens is 1. The molecule has 0 radical (unpaired) electrons. The molecule has 6 heteroatoms. The smallest absolute Gasteiger partial charge is 0.138 e. The van der Waals surface area contributed by atoms with Crippen molar-refractivity contribution in [2.45, 2.75) is 4.90 Å². The summed E-state index contributed by atoms with van der Waals surface area (Å²) >= 11 is 13.4. The van der Waals surface area contributed by atoms with Gasteiger partial charge in [-0.2, -0.15) is 0 Å². The van der Waals surface area contributed by atoms with Crippen molar-refractivity contribution in [1.29, 1.82) is 0 Å². The molecule has 3 nitrogen and oxygen atoms in total. The Morgan fingerprint density at radius 3 is 2.84 bits per heavy atom. The highest BCUT2D eigenvalue weighted by molar-refractivity contribution is 7.99. The van der Waals surface area contributed by atoms with E-state index in [2.05, 4.69) is 4.98 Å². The lowest BCUT2D eigenvalue weighted by atomic mass is 10.3. The number of pyridine rings is 1. The van der Waals surface area contributed by atoms with Crippen molar-refractivity contribution in [3.63, 3.8) is 0 Å². The zero-order valence-electron chi connectivity index (χ0n) is 9.98. The highest BCUT2D eigenvalue weighted by Gasteiger charge is 2.03. The van der Waals surface area contributed by atoms with Crippen molar-refractivity contribution in [3.8, 4) is 5.75 Å². The third-order valence-corrected chi connectivity index (χ3v) is 3.89. The van der Waals surface area contributed by atoms with Crippen LogP contribution in [-0.2, 0) is 0 Å². The minimum absolute atomic E-state index is 0.515. The maximum atomic E-state index is 6.01. The number of nitrogen functional groups attached to an aromatic ring is 1. The third-order valence-electron chi connectivity index (χ3n) is 2.30. The molecule has 0 aliphatic rings. The van der Waals surface area contributed by atoms with Crippen molar-refractivity contribution in [2.24, 2.45) is 0 Å². The number of rotatable bonds is 5. The van der Waals surface area contributed by atoms with Gasteiger partial charge in [0.05, 0.1) is 23.5 Å². The summed E-state index contributed by atoms with van der Waals surface area (Å²) in [6.07, 6.45) is 3.36. The second kappa shape index (κ2) is 6.89. The Morgan fingerprint density at radius 1 is 1.26 bits per heavy atom. The number of hydrogen-bond donors (Lipinski definition) is 1. The highest BCUT2D eigenvalue weighted by Crippen LogP contribution is 2.28. The van der Waals surface area contributed by atoms with E-state index in [4.69, 9.17) is 33.7 Å². The van der Waals surface area contributed by atoms with E-state index in [1.807, 2.05) is 6.07 Å². The summed E-state index contributed by atoms with van der Waals surface area (Å²) in [6, 6.07) is 7.05. The van der Waals surface area contributed by atoms with Gasteiger partial charge in [0.25, 0.3) is 0 Å². The molecule has 1 aromatic carbocycles. The number of thioether (sulfide) groups is 1. The van der Waals surface area contributed by atoms with E-state index in [0.29, 0.717) is 28.1 Å². The molecule has 0 saturated heterocycles. The first kappa shape index (κ1) is 14.3. The molecular formula is C13H12Cl2N2OS. The Hall–Kier alpha value is -1.10. The van der Waals surface area contributed by atoms with E-state index in [1.165, 1.54) is 0 Å². The van der Waals surface area contributed by atoms with Crippen LogP contribution < -0.4 is 10.5 Å². The first-order valence-corrected chi connectivity index (χ1v) is 7.31. The molecule has 0 spiro atoms. The van der Waals surface area contributed by atoms with Crippen molar-refractivity contribution >= 4 is 40.7 Å². The van der Waals surface area contributed by atoms with Crippen molar-refractivity contribution in [3.05, 3.63) is 46.7 Å². The number of ether oxygens (including phenoxy) is 1. The molecule has 19 heavy (non-hydrogen) atoms. The third kappa shape index (κ3) is 4.20. The Balaban J connectivity index is 1.83. The van der Waals surface area contributed by atoms with Crippen LogP contribution in [0.5, 0.6) is 5.75 Å². The Kier molecular flexibility index (Phi) is 5.19. The van der Waals surface area contributed by atoms with Gasteiger partial charge in [0.1, 0.15) is 5.75 Å². The lowest BCUT2D eigenvalue weighted by Gasteiger charge is -2.08.